The fourth-order valence-electron chi connectivity index (χ4n) is 2.51. The first-order chi connectivity index (χ1) is 10.1. The van der Waals surface area contributed by atoms with E-state index in [1.165, 1.54) is 19.2 Å². The maximum atomic E-state index is 13.5. The first-order valence-corrected chi connectivity index (χ1v) is 6.60. The summed E-state index contributed by atoms with van der Waals surface area (Å²) in [7, 11) is 1.51. The summed E-state index contributed by atoms with van der Waals surface area (Å²) in [5.74, 6) is -0.696. The molecule has 0 aliphatic heterocycles. The fraction of sp³-hybridized carbons (Fsp3) is 0.250. The maximum absolute atomic E-state index is 13.5. The highest BCUT2D eigenvalue weighted by molar-refractivity contribution is 5.85. The second-order valence-electron chi connectivity index (χ2n) is 5.19. The van der Waals surface area contributed by atoms with Gasteiger partial charge in [0.2, 0.25) is 0 Å². The van der Waals surface area contributed by atoms with Gasteiger partial charge < -0.3 is 9.84 Å². The van der Waals surface area contributed by atoms with Crippen molar-refractivity contribution in [3.05, 3.63) is 48.0 Å². The van der Waals surface area contributed by atoms with Crippen molar-refractivity contribution in [1.82, 2.24) is 4.98 Å². The molecule has 1 saturated carbocycles. The number of halogens is 1. The lowest BCUT2D eigenvalue weighted by molar-refractivity contribution is -0.140. The van der Waals surface area contributed by atoms with Crippen molar-refractivity contribution < 1.29 is 19.0 Å². The van der Waals surface area contributed by atoms with Crippen molar-refractivity contribution in [3.63, 3.8) is 0 Å². The summed E-state index contributed by atoms with van der Waals surface area (Å²) in [6.07, 6.45) is 4.36. The van der Waals surface area contributed by atoms with Crippen LogP contribution in [0.5, 0.6) is 5.75 Å². The van der Waals surface area contributed by atoms with Crippen LogP contribution in [0.15, 0.2) is 36.7 Å². The number of aliphatic carboxylic acids is 1. The number of rotatable bonds is 4. The number of nitrogens with zero attached hydrogens (tertiary/aromatic N) is 1. The van der Waals surface area contributed by atoms with Gasteiger partial charge in [0.05, 0.1) is 12.5 Å². The van der Waals surface area contributed by atoms with Gasteiger partial charge in [-0.15, -0.1) is 0 Å². The number of pyridine rings is 1. The van der Waals surface area contributed by atoms with Crippen LogP contribution in [0.25, 0.3) is 11.1 Å². The van der Waals surface area contributed by atoms with E-state index in [1.54, 1.807) is 24.5 Å². The van der Waals surface area contributed by atoms with Gasteiger partial charge in [0.25, 0.3) is 0 Å². The third-order valence-electron chi connectivity index (χ3n) is 3.92. The van der Waals surface area contributed by atoms with Crippen LogP contribution >= 0.6 is 0 Å². The summed E-state index contributed by atoms with van der Waals surface area (Å²) in [6.45, 7) is 0. The lowest BCUT2D eigenvalue weighted by Gasteiger charge is -2.13. The molecule has 1 aliphatic carbocycles. The Morgan fingerprint density at radius 1 is 1.33 bits per heavy atom. The van der Waals surface area contributed by atoms with Crippen molar-refractivity contribution in [3.8, 4) is 16.9 Å². The number of methoxy groups -OCH3 is 1. The van der Waals surface area contributed by atoms with Gasteiger partial charge in [0.15, 0.2) is 0 Å². The number of aromatic nitrogens is 1. The maximum Gasteiger partial charge on any atom is 0.314 e. The molecule has 0 radical (unpaired) electrons. The summed E-state index contributed by atoms with van der Waals surface area (Å²) >= 11 is 0. The zero-order valence-corrected chi connectivity index (χ0v) is 11.5. The van der Waals surface area contributed by atoms with Crippen molar-refractivity contribution in [2.24, 2.45) is 0 Å². The molecule has 21 heavy (non-hydrogen) atoms. The standard InChI is InChI=1S/C16H14FNO3/c1-21-14-3-2-12(17)7-13(14)10-6-11(9-18-8-10)16(4-5-16)15(19)20/h2-3,6-9H,4-5H2,1H3,(H,19,20). The van der Waals surface area contributed by atoms with Gasteiger partial charge in [0.1, 0.15) is 11.6 Å². The smallest absolute Gasteiger partial charge is 0.314 e. The number of carboxylic acid groups (broad SMARTS) is 1. The Balaban J connectivity index is 2.09. The molecule has 1 aromatic carbocycles. The molecule has 1 aromatic heterocycles. The monoisotopic (exact) mass is 287 g/mol. The van der Waals surface area contributed by atoms with Crippen LogP contribution in [0, 0.1) is 5.82 Å². The van der Waals surface area contributed by atoms with Gasteiger partial charge >= 0.3 is 5.97 Å². The Hall–Kier alpha value is -2.43. The van der Waals surface area contributed by atoms with E-state index >= 15 is 0 Å². The summed E-state index contributed by atoms with van der Waals surface area (Å²) in [6, 6.07) is 5.98. The van der Waals surface area contributed by atoms with Gasteiger partial charge in [0, 0.05) is 23.5 Å². The molecule has 0 unspecified atom stereocenters. The van der Waals surface area contributed by atoms with Crippen LogP contribution in [0.1, 0.15) is 18.4 Å². The SMILES string of the molecule is COc1ccc(F)cc1-c1cncc(C2(C(=O)O)CC2)c1. The lowest BCUT2D eigenvalue weighted by Crippen LogP contribution is -2.19. The minimum absolute atomic E-state index is 0.379. The molecule has 0 bridgehead atoms. The van der Waals surface area contributed by atoms with Gasteiger partial charge in [-0.05, 0) is 42.7 Å². The number of carbonyl (C=O) groups is 1. The average Bonchev–Trinajstić information content (AvgIpc) is 3.29. The first kappa shape index (κ1) is 13.5. The van der Waals surface area contributed by atoms with E-state index < -0.39 is 11.4 Å². The van der Waals surface area contributed by atoms with Crippen molar-refractivity contribution in [2.45, 2.75) is 18.3 Å². The zero-order chi connectivity index (χ0) is 15.0. The van der Waals surface area contributed by atoms with Gasteiger partial charge in [-0.1, -0.05) is 0 Å². The van der Waals surface area contributed by atoms with E-state index in [9.17, 15) is 14.3 Å². The van der Waals surface area contributed by atoms with Crippen LogP contribution in [0.3, 0.4) is 0 Å². The summed E-state index contributed by atoms with van der Waals surface area (Å²) in [4.78, 5) is 15.5. The topological polar surface area (TPSA) is 59.4 Å². The van der Waals surface area contributed by atoms with Crippen LogP contribution < -0.4 is 4.74 Å². The third kappa shape index (κ3) is 2.24. The highest BCUT2D eigenvalue weighted by Crippen LogP contribution is 2.49. The highest BCUT2D eigenvalue weighted by atomic mass is 19.1. The largest absolute Gasteiger partial charge is 0.496 e. The van der Waals surface area contributed by atoms with E-state index in [1.807, 2.05) is 0 Å². The van der Waals surface area contributed by atoms with Crippen LogP contribution in [-0.4, -0.2) is 23.2 Å². The third-order valence-corrected chi connectivity index (χ3v) is 3.92. The molecule has 1 fully saturated rings. The second kappa shape index (κ2) is 4.84. The number of carboxylic acids is 1. The van der Waals surface area contributed by atoms with Gasteiger partial charge in [-0.3, -0.25) is 9.78 Å². The molecule has 5 heteroatoms. The summed E-state index contributed by atoms with van der Waals surface area (Å²) in [5.41, 5.74) is 1.03. The predicted molar refractivity (Wildman–Crippen MR) is 74.7 cm³/mol. The lowest BCUT2D eigenvalue weighted by atomic mass is 9.95. The van der Waals surface area contributed by atoms with Crippen LogP contribution in [-0.2, 0) is 10.2 Å². The Kier molecular flexibility index (Phi) is 3.12. The minimum Gasteiger partial charge on any atom is -0.496 e. The zero-order valence-electron chi connectivity index (χ0n) is 11.5. The molecule has 2 aromatic rings. The quantitative estimate of drug-likeness (QED) is 0.939. The van der Waals surface area contributed by atoms with Crippen LogP contribution in [0.4, 0.5) is 4.39 Å². The van der Waals surface area contributed by atoms with Crippen molar-refractivity contribution >= 4 is 5.97 Å². The minimum atomic E-state index is -0.840. The molecule has 1 heterocycles. The number of hydrogen-bond acceptors (Lipinski definition) is 3. The average molecular weight is 287 g/mol. The van der Waals surface area contributed by atoms with E-state index in [4.69, 9.17) is 4.74 Å². The molecule has 1 aliphatic rings. The molecular weight excluding hydrogens is 273 g/mol. The molecule has 108 valence electrons. The van der Waals surface area contributed by atoms with E-state index in [0.717, 1.165) is 0 Å². The van der Waals surface area contributed by atoms with Crippen LogP contribution in [0.2, 0.25) is 0 Å². The molecule has 0 atom stereocenters. The van der Waals surface area contributed by atoms with Gasteiger partial charge in [-0.25, -0.2) is 4.39 Å². The Labute approximate surface area is 121 Å². The summed E-state index contributed by atoms with van der Waals surface area (Å²) in [5, 5.41) is 9.35. The number of benzene rings is 1. The first-order valence-electron chi connectivity index (χ1n) is 6.60. The molecule has 0 amide bonds. The molecule has 1 N–H and O–H groups in total. The molecular formula is C16H14FNO3. The second-order valence-corrected chi connectivity index (χ2v) is 5.19. The highest BCUT2D eigenvalue weighted by Gasteiger charge is 2.52. The Morgan fingerprint density at radius 3 is 2.71 bits per heavy atom. The fourth-order valence-corrected chi connectivity index (χ4v) is 2.51. The molecule has 0 spiro atoms. The molecule has 4 nitrogen and oxygen atoms in total. The van der Waals surface area contributed by atoms with Crippen molar-refractivity contribution in [1.29, 1.82) is 0 Å². The van der Waals surface area contributed by atoms with Gasteiger partial charge in [-0.2, -0.15) is 0 Å². The van der Waals surface area contributed by atoms with E-state index in [2.05, 4.69) is 4.98 Å². The number of ether oxygens (including phenoxy) is 1. The Bertz CT molecular complexity index is 710. The molecule has 3 rings (SSSR count). The van der Waals surface area contributed by atoms with E-state index in [0.29, 0.717) is 35.3 Å². The predicted octanol–water partition coefficient (Wildman–Crippen LogP) is 3.01. The summed E-state index contributed by atoms with van der Waals surface area (Å²) < 4.78 is 18.7. The Morgan fingerprint density at radius 2 is 2.10 bits per heavy atom. The van der Waals surface area contributed by atoms with Crippen molar-refractivity contribution in [2.75, 3.05) is 7.11 Å². The number of hydrogen-bond donors (Lipinski definition) is 1. The van der Waals surface area contributed by atoms with E-state index in [-0.39, 0.29) is 5.82 Å². The normalized spacial score (nSPS) is 15.5. The molecule has 0 saturated heterocycles.